The van der Waals surface area contributed by atoms with E-state index in [-0.39, 0.29) is 39.6 Å². The number of carbonyl (C=O) groups excluding carboxylic acids is 1. The highest BCUT2D eigenvalue weighted by molar-refractivity contribution is 7.16. The van der Waals surface area contributed by atoms with Gasteiger partial charge in [0.15, 0.2) is 0 Å². The molecular weight excluding hydrogens is 539 g/mol. The minimum atomic E-state index is -5.37. The summed E-state index contributed by atoms with van der Waals surface area (Å²) in [6.45, 7) is 1.55. The van der Waals surface area contributed by atoms with Crippen LogP contribution in [0.4, 0.5) is 30.7 Å². The fourth-order valence-corrected chi connectivity index (χ4v) is 5.28. The molecule has 0 radical (unpaired) electrons. The van der Waals surface area contributed by atoms with Crippen molar-refractivity contribution in [2.24, 2.45) is 11.1 Å². The number of aryl methyl sites for hydroxylation is 1. The molecule has 0 bridgehead atoms. The van der Waals surface area contributed by atoms with Crippen LogP contribution in [0.15, 0.2) is 23.4 Å². The Morgan fingerprint density at radius 3 is 2.50 bits per heavy atom. The van der Waals surface area contributed by atoms with Crippen molar-refractivity contribution in [1.82, 2.24) is 5.32 Å². The second-order valence-electron chi connectivity index (χ2n) is 8.54. The van der Waals surface area contributed by atoms with Crippen LogP contribution in [0, 0.1) is 30.0 Å². The quantitative estimate of drug-likeness (QED) is 0.440. The van der Waals surface area contributed by atoms with Crippen LogP contribution in [-0.2, 0) is 16.6 Å². The highest BCUT2D eigenvalue weighted by Crippen LogP contribution is 2.51. The summed E-state index contributed by atoms with van der Waals surface area (Å²) >= 11 is 6.32. The Morgan fingerprint density at radius 2 is 1.92 bits per heavy atom. The van der Waals surface area contributed by atoms with Gasteiger partial charge in [0.1, 0.15) is 11.5 Å². The molecule has 14 heteroatoms. The molecule has 1 amide bonds. The van der Waals surface area contributed by atoms with Crippen molar-refractivity contribution < 1.29 is 40.4 Å². The molecule has 2 heterocycles. The van der Waals surface area contributed by atoms with E-state index in [1.54, 1.807) is 6.92 Å². The summed E-state index contributed by atoms with van der Waals surface area (Å²) in [7, 11) is 0. The molecule has 0 spiro atoms. The van der Waals surface area contributed by atoms with Crippen molar-refractivity contribution in [1.29, 1.82) is 5.26 Å². The van der Waals surface area contributed by atoms with E-state index in [0.717, 1.165) is 11.3 Å². The predicted molar refractivity (Wildman–Crippen MR) is 115 cm³/mol. The largest absolute Gasteiger partial charge is 0.435 e. The summed E-state index contributed by atoms with van der Waals surface area (Å²) in [6.07, 6.45) is -10.6. The number of nitriles is 1. The van der Waals surface area contributed by atoms with E-state index in [9.17, 15) is 35.5 Å². The normalized spacial score (nSPS) is 23.9. The van der Waals surface area contributed by atoms with Gasteiger partial charge in [0, 0.05) is 11.6 Å². The zero-order valence-electron chi connectivity index (χ0n) is 18.2. The molecule has 2 aliphatic rings. The second-order valence-corrected chi connectivity index (χ2v) is 10.00. The fraction of sp³-hybridized carbons (Fsp3) is 0.409. The average Bonchev–Trinajstić information content (AvgIpc) is 3.36. The van der Waals surface area contributed by atoms with E-state index in [1.165, 1.54) is 6.07 Å². The van der Waals surface area contributed by atoms with Crippen LogP contribution in [0.25, 0.3) is 0 Å². The maximum atomic E-state index is 14.7. The van der Waals surface area contributed by atoms with Gasteiger partial charge in [0.2, 0.25) is 0 Å². The lowest BCUT2D eigenvalue weighted by Crippen LogP contribution is -2.43. The molecule has 1 N–H and O–H groups in total. The topological polar surface area (TPSA) is 74.5 Å². The lowest BCUT2D eigenvalue weighted by Gasteiger charge is -2.31. The summed E-state index contributed by atoms with van der Waals surface area (Å²) in [5, 5.41) is 13.9. The van der Waals surface area contributed by atoms with E-state index in [2.05, 4.69) is 21.4 Å². The molecule has 1 saturated carbocycles. The fourth-order valence-electron chi connectivity index (χ4n) is 4.00. The van der Waals surface area contributed by atoms with E-state index in [4.69, 9.17) is 16.9 Å². The van der Waals surface area contributed by atoms with Gasteiger partial charge in [-0.1, -0.05) is 16.8 Å². The number of thiophene rings is 1. The predicted octanol–water partition coefficient (Wildman–Crippen LogP) is 6.48. The van der Waals surface area contributed by atoms with E-state index in [1.807, 2.05) is 0 Å². The van der Waals surface area contributed by atoms with Gasteiger partial charge in [-0.3, -0.25) is 4.79 Å². The Kier molecular flexibility index (Phi) is 6.49. The molecule has 36 heavy (non-hydrogen) atoms. The van der Waals surface area contributed by atoms with Crippen LogP contribution in [0.1, 0.15) is 50.5 Å². The first-order valence-corrected chi connectivity index (χ1v) is 11.6. The number of amides is 1. The first kappa shape index (κ1) is 26.2. The van der Waals surface area contributed by atoms with Crippen LogP contribution in [0.5, 0.6) is 0 Å². The third-order valence-corrected chi connectivity index (χ3v) is 7.60. The number of hydrogen-bond acceptors (Lipinski definition) is 5. The van der Waals surface area contributed by atoms with Crippen molar-refractivity contribution in [2.45, 2.75) is 50.2 Å². The molecule has 4 rings (SSSR count). The number of nitrogens with one attached hydrogen (secondary N) is 1. The summed E-state index contributed by atoms with van der Waals surface area (Å²) < 4.78 is 97.1. The molecule has 5 nitrogen and oxygen atoms in total. The monoisotopic (exact) mass is 553 g/mol. The lowest BCUT2D eigenvalue weighted by atomic mass is 9.81. The molecule has 2 aromatic rings. The van der Waals surface area contributed by atoms with Crippen LogP contribution in [0.2, 0.25) is 5.02 Å². The van der Waals surface area contributed by atoms with E-state index < -0.39 is 52.2 Å². The van der Waals surface area contributed by atoms with Crippen molar-refractivity contribution in [2.75, 3.05) is 0 Å². The molecule has 1 aromatic carbocycles. The summed E-state index contributed by atoms with van der Waals surface area (Å²) in [6, 6.07) is 3.47. The Morgan fingerprint density at radius 1 is 1.25 bits per heavy atom. The van der Waals surface area contributed by atoms with Crippen LogP contribution >= 0.6 is 22.9 Å². The average molecular weight is 554 g/mol. The molecular formula is C22H15ClF7N3O2S. The Hall–Kier alpha value is -2.85. The Balaban J connectivity index is 1.65. The Labute approximate surface area is 208 Å². The number of carbonyl (C=O) groups is 1. The molecule has 1 atom stereocenters. The number of rotatable bonds is 4. The van der Waals surface area contributed by atoms with Crippen molar-refractivity contribution in [3.8, 4) is 6.07 Å². The number of oxime groups is 1. The highest BCUT2D eigenvalue weighted by Gasteiger charge is 2.64. The number of hydrogen-bond donors (Lipinski definition) is 1. The first-order chi connectivity index (χ1) is 16.7. The minimum Gasteiger partial charge on any atom is -0.374 e. The van der Waals surface area contributed by atoms with Crippen LogP contribution in [-0.4, -0.2) is 23.8 Å². The maximum absolute atomic E-state index is 14.7. The maximum Gasteiger partial charge on any atom is 0.435 e. The lowest BCUT2D eigenvalue weighted by molar-refractivity contribution is -0.276. The third kappa shape index (κ3) is 4.52. The third-order valence-electron chi connectivity index (χ3n) is 6.04. The minimum absolute atomic E-state index is 0.0127. The van der Waals surface area contributed by atoms with Crippen molar-refractivity contribution >= 4 is 34.6 Å². The van der Waals surface area contributed by atoms with Gasteiger partial charge < -0.3 is 10.2 Å². The van der Waals surface area contributed by atoms with Crippen LogP contribution in [0.3, 0.4) is 0 Å². The van der Waals surface area contributed by atoms with Crippen molar-refractivity contribution in [3.05, 3.63) is 55.5 Å². The molecule has 1 aliphatic carbocycles. The van der Waals surface area contributed by atoms with Gasteiger partial charge in [-0.2, -0.15) is 31.6 Å². The number of halogens is 8. The van der Waals surface area contributed by atoms with Gasteiger partial charge >= 0.3 is 12.4 Å². The molecule has 1 aromatic heterocycles. The molecule has 0 saturated heterocycles. The van der Waals surface area contributed by atoms with Crippen LogP contribution < -0.4 is 5.32 Å². The van der Waals surface area contributed by atoms with Gasteiger partial charge in [-0.25, -0.2) is 4.39 Å². The van der Waals surface area contributed by atoms with Gasteiger partial charge in [-0.15, -0.1) is 11.3 Å². The molecule has 192 valence electrons. The summed E-state index contributed by atoms with van der Waals surface area (Å²) in [4.78, 5) is 17.6. The summed E-state index contributed by atoms with van der Waals surface area (Å²) in [5.74, 6) is -2.35. The van der Waals surface area contributed by atoms with Gasteiger partial charge in [-0.05, 0) is 43.5 Å². The smallest absolute Gasteiger partial charge is 0.374 e. The first-order valence-electron chi connectivity index (χ1n) is 10.4. The van der Waals surface area contributed by atoms with Gasteiger partial charge in [0.25, 0.3) is 11.5 Å². The Bertz CT molecular complexity index is 1290. The zero-order valence-corrected chi connectivity index (χ0v) is 19.7. The SMILES string of the molecule is Cc1cc(C2=NO[C@@](c3cc(C(F)(F)F)cc(Cl)c3F)(C(F)(F)F)C2)sc1C(=O)N[C@H]1C[C@@H](C#N)C1. The number of nitrogens with zero attached hydrogens (tertiary/aromatic N) is 2. The van der Waals surface area contributed by atoms with Gasteiger partial charge in [0.05, 0.1) is 38.7 Å². The standard InChI is InChI=1S/C22H15ClF7N3O2S/c1-9-2-16(36-18(9)19(34)32-12-3-10(4-12)8-31)15-7-20(35-33-15,22(28,29)30)13-5-11(21(25,26)27)6-14(23)17(13)24/h2,5-6,10,12H,3-4,7H2,1H3,(H,32,34)/t10-,12+,20-/m0/s1. The number of benzene rings is 1. The molecule has 0 unspecified atom stereocenters. The molecule has 1 fully saturated rings. The van der Waals surface area contributed by atoms with Crippen molar-refractivity contribution in [3.63, 3.8) is 0 Å². The highest BCUT2D eigenvalue weighted by atomic mass is 35.5. The second kappa shape index (κ2) is 8.92. The zero-order chi connectivity index (χ0) is 26.6. The summed E-state index contributed by atoms with van der Waals surface area (Å²) in [5.41, 5.74) is -6.48. The molecule has 1 aliphatic heterocycles. The van der Waals surface area contributed by atoms with E-state index in [0.29, 0.717) is 18.4 Å². The number of alkyl halides is 6. The van der Waals surface area contributed by atoms with E-state index >= 15 is 0 Å².